The summed E-state index contributed by atoms with van der Waals surface area (Å²) in [5.74, 6) is 1.79. The molecule has 1 unspecified atom stereocenters. The van der Waals surface area contributed by atoms with Crippen LogP contribution in [0, 0.1) is 5.92 Å². The third-order valence-electron chi connectivity index (χ3n) is 3.99. The number of ether oxygens (including phenoxy) is 2. The van der Waals surface area contributed by atoms with Crippen molar-refractivity contribution in [1.82, 2.24) is 15.4 Å². The number of hydrazone groups is 1. The Kier molecular flexibility index (Phi) is 7.45. The number of aromatic nitrogens is 2. The minimum absolute atomic E-state index is 0.238. The first-order valence-corrected chi connectivity index (χ1v) is 8.96. The van der Waals surface area contributed by atoms with Crippen LogP contribution in [0.3, 0.4) is 0 Å². The molecule has 0 aromatic carbocycles. The molecule has 1 saturated carbocycles. The van der Waals surface area contributed by atoms with Gasteiger partial charge in [-0.2, -0.15) is 15.1 Å². The Hall–Kier alpha value is -1.50. The molecule has 0 aliphatic heterocycles. The first kappa shape index (κ1) is 17.8. The van der Waals surface area contributed by atoms with E-state index in [1.165, 1.54) is 32.1 Å². The molecule has 1 aromatic rings. The van der Waals surface area contributed by atoms with Gasteiger partial charge in [0.1, 0.15) is 0 Å². The molecule has 0 radical (unpaired) electrons. The lowest BCUT2D eigenvalue weighted by molar-refractivity contribution is 0.346. The van der Waals surface area contributed by atoms with Crippen molar-refractivity contribution in [3.8, 4) is 11.8 Å². The zero-order valence-corrected chi connectivity index (χ0v) is 14.9. The predicted molar refractivity (Wildman–Crippen MR) is 93.5 cm³/mol. The molecule has 1 aromatic heterocycles. The summed E-state index contributed by atoms with van der Waals surface area (Å²) in [6.07, 6.45) is 9.73. The monoisotopic (exact) mass is 338 g/mol. The first-order valence-electron chi connectivity index (χ1n) is 8.08. The van der Waals surface area contributed by atoms with Crippen LogP contribution < -0.4 is 14.9 Å². The Bertz CT molecular complexity index is 485. The Morgan fingerprint density at radius 3 is 2.48 bits per heavy atom. The number of hydrogen-bond acceptors (Lipinski definition) is 7. The lowest BCUT2D eigenvalue weighted by Crippen LogP contribution is -2.16. The number of nitrogens with zero attached hydrogens (tertiary/aromatic N) is 3. The van der Waals surface area contributed by atoms with Crippen molar-refractivity contribution < 1.29 is 9.47 Å². The second kappa shape index (κ2) is 9.60. The van der Waals surface area contributed by atoms with Crippen LogP contribution in [0.25, 0.3) is 0 Å². The Morgan fingerprint density at radius 2 is 1.91 bits per heavy atom. The third-order valence-corrected chi connectivity index (χ3v) is 5.00. The van der Waals surface area contributed by atoms with Crippen LogP contribution in [-0.4, -0.2) is 42.7 Å². The Morgan fingerprint density at radius 1 is 1.26 bits per heavy atom. The van der Waals surface area contributed by atoms with E-state index in [0.717, 1.165) is 12.3 Å². The number of rotatable bonds is 8. The molecule has 7 heteroatoms. The van der Waals surface area contributed by atoms with E-state index in [9.17, 15) is 0 Å². The van der Waals surface area contributed by atoms with Crippen LogP contribution in [0.5, 0.6) is 11.8 Å². The zero-order chi connectivity index (χ0) is 16.5. The fourth-order valence-corrected chi connectivity index (χ4v) is 3.88. The van der Waals surface area contributed by atoms with Crippen molar-refractivity contribution in [1.29, 1.82) is 0 Å². The van der Waals surface area contributed by atoms with Gasteiger partial charge in [0.25, 0.3) is 0 Å². The molecule has 1 aliphatic rings. The molecule has 0 spiro atoms. The van der Waals surface area contributed by atoms with E-state index in [-0.39, 0.29) is 5.25 Å². The molecule has 0 bridgehead atoms. The fourth-order valence-electron chi connectivity index (χ4n) is 2.83. The van der Waals surface area contributed by atoms with Gasteiger partial charge in [0, 0.05) is 18.5 Å². The lowest BCUT2D eigenvalue weighted by atomic mass is 9.86. The molecule has 23 heavy (non-hydrogen) atoms. The number of thioether (sulfide) groups is 1. The topological polar surface area (TPSA) is 68.6 Å². The van der Waals surface area contributed by atoms with Gasteiger partial charge < -0.3 is 14.9 Å². The highest BCUT2D eigenvalue weighted by Crippen LogP contribution is 2.33. The van der Waals surface area contributed by atoms with Crippen molar-refractivity contribution >= 4 is 18.0 Å². The summed E-state index contributed by atoms with van der Waals surface area (Å²) in [5.41, 5.74) is 2.83. The van der Waals surface area contributed by atoms with Crippen molar-refractivity contribution in [2.75, 3.05) is 21.3 Å². The first-order chi connectivity index (χ1) is 11.2. The number of hydrogen-bond donors (Lipinski definition) is 1. The smallest absolute Gasteiger partial charge is 0.220 e. The van der Waals surface area contributed by atoms with Gasteiger partial charge in [0.05, 0.1) is 20.3 Å². The van der Waals surface area contributed by atoms with E-state index >= 15 is 0 Å². The minimum Gasteiger partial charge on any atom is -0.481 e. The molecular weight excluding hydrogens is 312 g/mol. The average molecular weight is 338 g/mol. The van der Waals surface area contributed by atoms with Gasteiger partial charge in [-0.3, -0.25) is 0 Å². The van der Waals surface area contributed by atoms with Crippen molar-refractivity contribution in [3.05, 3.63) is 6.07 Å². The zero-order valence-electron chi connectivity index (χ0n) is 14.1. The summed E-state index contributed by atoms with van der Waals surface area (Å²) in [5, 5.41) is 5.10. The van der Waals surface area contributed by atoms with Gasteiger partial charge in [-0.05, 0) is 12.3 Å². The van der Waals surface area contributed by atoms with Crippen molar-refractivity contribution in [2.45, 2.75) is 48.9 Å². The molecule has 1 aliphatic carbocycles. The third kappa shape index (κ3) is 5.89. The standard InChI is InChI=1S/C16H26N4O2S/c1-17-18-11-13(9-12-7-5-4-6-8-12)23-16-19-14(21-2)10-15(20-16)22-3/h10-13,17H,4-9H2,1-3H3. The normalized spacial score (nSPS) is 17.2. The van der Waals surface area contributed by atoms with E-state index < -0.39 is 0 Å². The van der Waals surface area contributed by atoms with E-state index in [1.807, 2.05) is 13.3 Å². The van der Waals surface area contributed by atoms with Gasteiger partial charge >= 0.3 is 0 Å². The summed E-state index contributed by atoms with van der Waals surface area (Å²) in [7, 11) is 5.00. The number of methoxy groups -OCH3 is 2. The lowest BCUT2D eigenvalue weighted by Gasteiger charge is -2.24. The van der Waals surface area contributed by atoms with E-state index in [2.05, 4.69) is 20.5 Å². The van der Waals surface area contributed by atoms with E-state index in [1.54, 1.807) is 32.0 Å². The largest absolute Gasteiger partial charge is 0.481 e. The predicted octanol–water partition coefficient (Wildman–Crippen LogP) is 3.13. The molecule has 0 saturated heterocycles. The fraction of sp³-hybridized carbons (Fsp3) is 0.688. The maximum atomic E-state index is 5.22. The van der Waals surface area contributed by atoms with Gasteiger partial charge in [0.2, 0.25) is 11.8 Å². The van der Waals surface area contributed by atoms with Crippen molar-refractivity contribution in [2.24, 2.45) is 11.0 Å². The van der Waals surface area contributed by atoms with Crippen LogP contribution in [0.2, 0.25) is 0 Å². The van der Waals surface area contributed by atoms with Gasteiger partial charge in [-0.1, -0.05) is 43.9 Å². The Balaban J connectivity index is 2.08. The average Bonchev–Trinajstić information content (AvgIpc) is 2.60. The Labute approximate surface area is 142 Å². The second-order valence-corrected chi connectivity index (χ2v) is 6.84. The summed E-state index contributed by atoms with van der Waals surface area (Å²) in [6, 6.07) is 1.68. The summed E-state index contributed by atoms with van der Waals surface area (Å²) >= 11 is 1.61. The van der Waals surface area contributed by atoms with Crippen LogP contribution in [0.1, 0.15) is 38.5 Å². The van der Waals surface area contributed by atoms with Crippen LogP contribution in [0.15, 0.2) is 16.3 Å². The molecule has 2 rings (SSSR count). The molecule has 1 heterocycles. The molecule has 1 atom stereocenters. The van der Waals surface area contributed by atoms with Gasteiger partial charge in [-0.15, -0.1) is 0 Å². The van der Waals surface area contributed by atoms with Crippen LogP contribution in [-0.2, 0) is 0 Å². The molecular formula is C16H26N4O2S. The van der Waals surface area contributed by atoms with Crippen LogP contribution >= 0.6 is 11.8 Å². The molecule has 1 fully saturated rings. The number of nitrogens with one attached hydrogen (secondary N) is 1. The molecule has 0 amide bonds. The molecule has 128 valence electrons. The quantitative estimate of drug-likeness (QED) is 0.340. The van der Waals surface area contributed by atoms with E-state index in [4.69, 9.17) is 9.47 Å². The minimum atomic E-state index is 0.238. The van der Waals surface area contributed by atoms with Crippen molar-refractivity contribution in [3.63, 3.8) is 0 Å². The van der Waals surface area contributed by atoms with Gasteiger partial charge in [-0.25, -0.2) is 0 Å². The van der Waals surface area contributed by atoms with Crippen LogP contribution in [0.4, 0.5) is 0 Å². The maximum absolute atomic E-state index is 5.22. The highest BCUT2D eigenvalue weighted by molar-refractivity contribution is 8.00. The molecule has 6 nitrogen and oxygen atoms in total. The second-order valence-electron chi connectivity index (χ2n) is 5.63. The summed E-state index contributed by atoms with van der Waals surface area (Å²) in [6.45, 7) is 0. The maximum Gasteiger partial charge on any atom is 0.220 e. The van der Waals surface area contributed by atoms with E-state index in [0.29, 0.717) is 16.9 Å². The highest BCUT2D eigenvalue weighted by atomic mass is 32.2. The molecule has 1 N–H and O–H groups in total. The summed E-state index contributed by atoms with van der Waals surface area (Å²) in [4.78, 5) is 8.82. The highest BCUT2D eigenvalue weighted by Gasteiger charge is 2.20. The summed E-state index contributed by atoms with van der Waals surface area (Å²) < 4.78 is 10.4. The SMILES string of the molecule is CNN=CC(CC1CCCCC1)Sc1nc(OC)cc(OC)n1. The van der Waals surface area contributed by atoms with Gasteiger partial charge in [0.15, 0.2) is 5.16 Å².